The Morgan fingerprint density at radius 2 is 1.88 bits per heavy atom. The van der Waals surface area contributed by atoms with E-state index < -0.39 is 0 Å². The van der Waals surface area contributed by atoms with Gasteiger partial charge >= 0.3 is 0 Å². The Labute approximate surface area is 152 Å². The van der Waals surface area contributed by atoms with Crippen molar-refractivity contribution >= 4 is 5.91 Å². The van der Waals surface area contributed by atoms with Crippen LogP contribution in [0.1, 0.15) is 31.0 Å². The maximum Gasteiger partial charge on any atom is 0.258 e. The smallest absolute Gasteiger partial charge is 0.258 e. The molecule has 0 saturated heterocycles. The molecule has 0 saturated carbocycles. The summed E-state index contributed by atoms with van der Waals surface area (Å²) in [4.78, 5) is 12.1. The number of nitrogens with one attached hydrogen (secondary N) is 1. The van der Waals surface area contributed by atoms with E-state index in [-0.39, 0.29) is 18.6 Å². The second kappa shape index (κ2) is 8.29. The predicted molar refractivity (Wildman–Crippen MR) is 97.6 cm³/mol. The Balaban J connectivity index is 1.50. The third-order valence-corrected chi connectivity index (χ3v) is 4.10. The minimum atomic E-state index is -0.168. The monoisotopic (exact) mass is 351 g/mol. The molecule has 1 atom stereocenters. The summed E-state index contributed by atoms with van der Waals surface area (Å²) < 4.78 is 10.7. The van der Waals surface area contributed by atoms with E-state index in [4.69, 9.17) is 9.15 Å². The summed E-state index contributed by atoms with van der Waals surface area (Å²) in [5.41, 5.74) is 3.14. The molecule has 0 aliphatic heterocycles. The van der Waals surface area contributed by atoms with Crippen LogP contribution in [-0.2, 0) is 11.2 Å². The van der Waals surface area contributed by atoms with Crippen LogP contribution in [0.5, 0.6) is 5.75 Å². The molecule has 0 bridgehead atoms. The number of carbonyl (C=O) groups excluding carboxylic acids is 1. The van der Waals surface area contributed by atoms with Gasteiger partial charge in [0.2, 0.25) is 12.3 Å². The van der Waals surface area contributed by atoms with Crippen LogP contribution in [0.4, 0.5) is 0 Å². The van der Waals surface area contributed by atoms with Crippen molar-refractivity contribution in [3.63, 3.8) is 0 Å². The third-order valence-electron chi connectivity index (χ3n) is 4.10. The van der Waals surface area contributed by atoms with E-state index in [9.17, 15) is 4.79 Å². The third kappa shape index (κ3) is 4.47. The van der Waals surface area contributed by atoms with Crippen molar-refractivity contribution in [1.82, 2.24) is 15.5 Å². The zero-order valence-electron chi connectivity index (χ0n) is 14.8. The van der Waals surface area contributed by atoms with Gasteiger partial charge in [-0.3, -0.25) is 4.79 Å². The summed E-state index contributed by atoms with van der Waals surface area (Å²) >= 11 is 0. The molecule has 1 amide bonds. The van der Waals surface area contributed by atoms with Crippen molar-refractivity contribution in [1.29, 1.82) is 0 Å². The summed E-state index contributed by atoms with van der Waals surface area (Å²) in [5, 5.41) is 10.4. The summed E-state index contributed by atoms with van der Waals surface area (Å²) in [6.07, 6.45) is 2.28. The van der Waals surface area contributed by atoms with Crippen LogP contribution in [0.3, 0.4) is 0 Å². The van der Waals surface area contributed by atoms with Crippen LogP contribution >= 0.6 is 0 Å². The van der Waals surface area contributed by atoms with Gasteiger partial charge in [0, 0.05) is 5.56 Å². The van der Waals surface area contributed by atoms with E-state index in [1.807, 2.05) is 19.1 Å². The minimum Gasteiger partial charge on any atom is -0.484 e. The summed E-state index contributed by atoms with van der Waals surface area (Å²) in [6.45, 7) is 4.03. The fourth-order valence-electron chi connectivity index (χ4n) is 2.55. The molecule has 0 spiro atoms. The zero-order valence-corrected chi connectivity index (χ0v) is 14.8. The van der Waals surface area contributed by atoms with Gasteiger partial charge in [0.15, 0.2) is 6.61 Å². The van der Waals surface area contributed by atoms with Gasteiger partial charge in [0.1, 0.15) is 5.75 Å². The molecular formula is C20H21N3O3. The first kappa shape index (κ1) is 17.7. The molecule has 3 rings (SSSR count). The number of hydrogen-bond donors (Lipinski definition) is 1. The number of benzene rings is 2. The van der Waals surface area contributed by atoms with E-state index in [1.165, 1.54) is 12.0 Å². The zero-order chi connectivity index (χ0) is 18.4. The summed E-state index contributed by atoms with van der Waals surface area (Å²) in [7, 11) is 0. The van der Waals surface area contributed by atoms with Crippen molar-refractivity contribution in [2.75, 3.05) is 6.61 Å². The van der Waals surface area contributed by atoms with Gasteiger partial charge in [0.25, 0.3) is 5.91 Å². The Morgan fingerprint density at radius 1 is 1.15 bits per heavy atom. The first-order chi connectivity index (χ1) is 12.7. The van der Waals surface area contributed by atoms with Crippen molar-refractivity contribution in [2.45, 2.75) is 26.3 Å². The van der Waals surface area contributed by atoms with Crippen LogP contribution in [0, 0.1) is 0 Å². The fraction of sp³-hybridized carbons (Fsp3) is 0.250. The number of rotatable bonds is 7. The Bertz CT molecular complexity index is 828. The van der Waals surface area contributed by atoms with Gasteiger partial charge in [-0.25, -0.2) is 0 Å². The standard InChI is InChI=1S/C20H21N3O3/c1-3-15-4-6-16(7-5-15)14(2)22-19(24)12-25-18-10-8-17(9-11-18)20-23-21-13-26-20/h4-11,13-14H,3,12H2,1-2H3,(H,22,24)/t14-/m0/s1. The number of hydrogen-bond acceptors (Lipinski definition) is 5. The van der Waals surface area contributed by atoms with E-state index in [0.29, 0.717) is 11.6 Å². The Morgan fingerprint density at radius 3 is 2.50 bits per heavy atom. The van der Waals surface area contributed by atoms with Gasteiger partial charge in [-0.05, 0) is 48.7 Å². The first-order valence-corrected chi connectivity index (χ1v) is 8.53. The van der Waals surface area contributed by atoms with Crippen LogP contribution in [0.15, 0.2) is 59.3 Å². The van der Waals surface area contributed by atoms with Crippen molar-refractivity contribution in [3.8, 4) is 17.2 Å². The van der Waals surface area contributed by atoms with Gasteiger partial charge in [-0.1, -0.05) is 31.2 Å². The molecule has 6 heteroatoms. The average Bonchev–Trinajstić information content (AvgIpc) is 3.21. The SMILES string of the molecule is CCc1ccc([C@H](C)NC(=O)COc2ccc(-c3nnco3)cc2)cc1. The van der Waals surface area contributed by atoms with E-state index in [1.54, 1.807) is 24.3 Å². The Kier molecular flexibility index (Phi) is 5.63. The molecule has 1 N–H and O–H groups in total. The lowest BCUT2D eigenvalue weighted by Crippen LogP contribution is -2.31. The number of aryl methyl sites for hydroxylation is 1. The highest BCUT2D eigenvalue weighted by atomic mass is 16.5. The summed E-state index contributed by atoms with van der Waals surface area (Å²) in [6, 6.07) is 15.3. The van der Waals surface area contributed by atoms with Gasteiger partial charge < -0.3 is 14.5 Å². The predicted octanol–water partition coefficient (Wildman–Crippen LogP) is 3.56. The number of nitrogens with zero attached hydrogens (tertiary/aromatic N) is 2. The lowest BCUT2D eigenvalue weighted by molar-refractivity contribution is -0.123. The van der Waals surface area contributed by atoms with Crippen LogP contribution in [0.25, 0.3) is 11.5 Å². The largest absolute Gasteiger partial charge is 0.484 e. The molecule has 6 nitrogen and oxygen atoms in total. The molecule has 0 radical (unpaired) electrons. The van der Waals surface area contributed by atoms with E-state index in [2.05, 4.69) is 34.6 Å². The van der Waals surface area contributed by atoms with Crippen LogP contribution < -0.4 is 10.1 Å². The highest BCUT2D eigenvalue weighted by molar-refractivity contribution is 5.78. The minimum absolute atomic E-state index is 0.0444. The van der Waals surface area contributed by atoms with Crippen molar-refractivity contribution in [3.05, 3.63) is 66.1 Å². The molecule has 0 unspecified atom stereocenters. The molecule has 134 valence electrons. The number of carbonyl (C=O) groups is 1. The topological polar surface area (TPSA) is 77.2 Å². The molecule has 3 aromatic rings. The van der Waals surface area contributed by atoms with Gasteiger partial charge in [-0.15, -0.1) is 10.2 Å². The molecule has 0 aliphatic rings. The molecule has 2 aromatic carbocycles. The molecule has 26 heavy (non-hydrogen) atoms. The molecule has 0 fully saturated rings. The number of aromatic nitrogens is 2. The van der Waals surface area contributed by atoms with Gasteiger partial charge in [0.05, 0.1) is 6.04 Å². The Hall–Kier alpha value is -3.15. The number of amides is 1. The molecule has 0 aliphatic carbocycles. The highest BCUT2D eigenvalue weighted by Crippen LogP contribution is 2.20. The van der Waals surface area contributed by atoms with Crippen LogP contribution in [-0.4, -0.2) is 22.7 Å². The highest BCUT2D eigenvalue weighted by Gasteiger charge is 2.10. The maximum atomic E-state index is 12.1. The normalized spacial score (nSPS) is 11.8. The van der Waals surface area contributed by atoms with E-state index >= 15 is 0 Å². The maximum absolute atomic E-state index is 12.1. The molecular weight excluding hydrogens is 330 g/mol. The van der Waals surface area contributed by atoms with E-state index in [0.717, 1.165) is 17.5 Å². The van der Waals surface area contributed by atoms with Crippen molar-refractivity contribution in [2.24, 2.45) is 0 Å². The molecule has 1 aromatic heterocycles. The summed E-state index contributed by atoms with van der Waals surface area (Å²) in [5.74, 6) is 0.874. The average molecular weight is 351 g/mol. The quantitative estimate of drug-likeness (QED) is 0.704. The van der Waals surface area contributed by atoms with Crippen LogP contribution in [0.2, 0.25) is 0 Å². The van der Waals surface area contributed by atoms with Crippen molar-refractivity contribution < 1.29 is 13.9 Å². The molecule has 1 heterocycles. The second-order valence-corrected chi connectivity index (χ2v) is 5.94. The lowest BCUT2D eigenvalue weighted by Gasteiger charge is -2.15. The lowest BCUT2D eigenvalue weighted by atomic mass is 10.1. The number of ether oxygens (including phenoxy) is 1. The first-order valence-electron chi connectivity index (χ1n) is 8.53. The van der Waals surface area contributed by atoms with Gasteiger partial charge in [-0.2, -0.15) is 0 Å². The fourth-order valence-corrected chi connectivity index (χ4v) is 2.55. The second-order valence-electron chi connectivity index (χ2n) is 5.94.